The Kier molecular flexibility index (Phi) is 7.57. The van der Waals surface area contributed by atoms with E-state index < -0.39 is 3.79 Å². The maximum absolute atomic E-state index is 6.02. The minimum absolute atomic E-state index is 0.118. The first-order valence-electron chi connectivity index (χ1n) is 9.35. The smallest absolute Gasteiger partial charge is 0.250 e. The zero-order valence-electron chi connectivity index (χ0n) is 15.8. The normalized spacial score (nSPS) is 15.0. The highest BCUT2D eigenvalue weighted by molar-refractivity contribution is 6.66. The molecule has 0 saturated carbocycles. The number of halogens is 3. The summed E-state index contributed by atoms with van der Waals surface area (Å²) >= 11 is 18.1. The van der Waals surface area contributed by atoms with Crippen LogP contribution in [0, 0.1) is 0 Å². The maximum atomic E-state index is 6.02. The van der Waals surface area contributed by atoms with E-state index in [1.807, 2.05) is 24.3 Å². The number of anilines is 1. The Bertz CT molecular complexity index is 778. The molecule has 1 aliphatic rings. The van der Waals surface area contributed by atoms with E-state index in [1.165, 1.54) is 25.9 Å². The molecule has 152 valence electrons. The van der Waals surface area contributed by atoms with Gasteiger partial charge in [-0.25, -0.2) is 4.98 Å². The molecule has 3 rings (SSSR count). The molecular formula is C19H24Cl3N5O. The molecule has 9 heteroatoms. The lowest BCUT2D eigenvalue weighted by atomic mass is 10.1. The highest BCUT2D eigenvalue weighted by atomic mass is 35.6. The summed E-state index contributed by atoms with van der Waals surface area (Å²) in [6.45, 7) is 4.19. The number of nitrogens with one attached hydrogen (secondary N) is 1. The Hall–Kier alpha value is -1.34. The van der Waals surface area contributed by atoms with Crippen molar-refractivity contribution in [3.8, 4) is 5.75 Å². The Balaban J connectivity index is 1.69. The van der Waals surface area contributed by atoms with Gasteiger partial charge in [0.1, 0.15) is 11.6 Å². The van der Waals surface area contributed by atoms with Gasteiger partial charge in [-0.05, 0) is 56.6 Å². The molecular weight excluding hydrogens is 421 g/mol. The quantitative estimate of drug-likeness (QED) is 0.486. The van der Waals surface area contributed by atoms with Crippen molar-refractivity contribution in [1.29, 1.82) is 0 Å². The summed E-state index contributed by atoms with van der Waals surface area (Å²) < 4.78 is 3.56. The number of methoxy groups -OCH3 is 1. The van der Waals surface area contributed by atoms with Gasteiger partial charge in [0.2, 0.25) is 9.74 Å². The average molecular weight is 445 g/mol. The van der Waals surface area contributed by atoms with Crippen molar-refractivity contribution in [3.63, 3.8) is 0 Å². The topological polar surface area (TPSA) is 63.2 Å². The molecule has 1 aromatic heterocycles. The van der Waals surface area contributed by atoms with E-state index in [4.69, 9.17) is 39.5 Å². The van der Waals surface area contributed by atoms with Gasteiger partial charge >= 0.3 is 0 Å². The van der Waals surface area contributed by atoms with Crippen LogP contribution in [0.3, 0.4) is 0 Å². The number of nitrogens with zero attached hydrogens (tertiary/aromatic N) is 4. The predicted molar refractivity (Wildman–Crippen MR) is 114 cm³/mol. The number of rotatable bonds is 8. The van der Waals surface area contributed by atoms with Gasteiger partial charge in [0.25, 0.3) is 0 Å². The van der Waals surface area contributed by atoms with E-state index in [0.717, 1.165) is 30.8 Å². The Morgan fingerprint density at radius 2 is 1.93 bits per heavy atom. The molecule has 1 saturated heterocycles. The van der Waals surface area contributed by atoms with Gasteiger partial charge in [-0.3, -0.25) is 0 Å². The second-order valence-corrected chi connectivity index (χ2v) is 9.04. The largest absolute Gasteiger partial charge is 0.497 e. The van der Waals surface area contributed by atoms with Crippen LogP contribution in [-0.2, 0) is 10.2 Å². The monoisotopic (exact) mass is 443 g/mol. The SMILES string of the molecule is COc1cccc(Cc2nc(NCCCN3CCCC3)nc(C(Cl)(Cl)Cl)n2)c1. The average Bonchev–Trinajstić information content (AvgIpc) is 3.18. The Morgan fingerprint density at radius 3 is 2.64 bits per heavy atom. The number of ether oxygens (including phenoxy) is 1. The van der Waals surface area contributed by atoms with Crippen molar-refractivity contribution in [1.82, 2.24) is 19.9 Å². The molecule has 1 aromatic carbocycles. The third kappa shape index (κ3) is 6.34. The third-order valence-electron chi connectivity index (χ3n) is 4.56. The molecule has 0 spiro atoms. The van der Waals surface area contributed by atoms with Crippen LogP contribution in [0.2, 0.25) is 0 Å². The van der Waals surface area contributed by atoms with Crippen LogP contribution in [-0.4, -0.2) is 53.1 Å². The molecule has 0 atom stereocenters. The van der Waals surface area contributed by atoms with Crippen LogP contribution in [0.1, 0.15) is 36.5 Å². The highest BCUT2D eigenvalue weighted by Crippen LogP contribution is 2.36. The van der Waals surface area contributed by atoms with Crippen LogP contribution in [0.4, 0.5) is 5.95 Å². The highest BCUT2D eigenvalue weighted by Gasteiger charge is 2.28. The summed E-state index contributed by atoms with van der Waals surface area (Å²) in [6, 6.07) is 7.71. The van der Waals surface area contributed by atoms with Crippen molar-refractivity contribution < 1.29 is 4.74 Å². The van der Waals surface area contributed by atoms with E-state index in [2.05, 4.69) is 25.2 Å². The van der Waals surface area contributed by atoms with E-state index in [1.54, 1.807) is 7.11 Å². The van der Waals surface area contributed by atoms with Crippen LogP contribution in [0.5, 0.6) is 5.75 Å². The van der Waals surface area contributed by atoms with Gasteiger partial charge < -0.3 is 15.0 Å². The first kappa shape index (κ1) is 21.4. The molecule has 1 fully saturated rings. The van der Waals surface area contributed by atoms with E-state index in [9.17, 15) is 0 Å². The minimum atomic E-state index is -1.71. The summed E-state index contributed by atoms with van der Waals surface area (Å²) in [4.78, 5) is 15.6. The van der Waals surface area contributed by atoms with Crippen LogP contribution >= 0.6 is 34.8 Å². The summed E-state index contributed by atoms with van der Waals surface area (Å²) in [5.74, 6) is 1.85. The fourth-order valence-electron chi connectivity index (χ4n) is 3.18. The summed E-state index contributed by atoms with van der Waals surface area (Å²) in [6.07, 6.45) is 4.07. The van der Waals surface area contributed by atoms with Gasteiger partial charge in [-0.15, -0.1) is 0 Å². The zero-order chi connectivity index (χ0) is 20.0. The van der Waals surface area contributed by atoms with Crippen molar-refractivity contribution in [2.24, 2.45) is 0 Å². The lowest BCUT2D eigenvalue weighted by Gasteiger charge is -2.15. The lowest BCUT2D eigenvalue weighted by molar-refractivity contribution is 0.337. The molecule has 0 unspecified atom stereocenters. The Labute approximate surface area is 180 Å². The molecule has 2 heterocycles. The van der Waals surface area contributed by atoms with Crippen molar-refractivity contribution in [3.05, 3.63) is 41.5 Å². The van der Waals surface area contributed by atoms with Gasteiger partial charge in [-0.1, -0.05) is 46.9 Å². The van der Waals surface area contributed by atoms with Gasteiger partial charge in [0.05, 0.1) is 7.11 Å². The number of likely N-dealkylation sites (tertiary alicyclic amines) is 1. The van der Waals surface area contributed by atoms with E-state index in [0.29, 0.717) is 18.2 Å². The van der Waals surface area contributed by atoms with Gasteiger partial charge in [-0.2, -0.15) is 9.97 Å². The fraction of sp³-hybridized carbons (Fsp3) is 0.526. The molecule has 28 heavy (non-hydrogen) atoms. The summed E-state index contributed by atoms with van der Waals surface area (Å²) in [5.41, 5.74) is 1.00. The summed E-state index contributed by atoms with van der Waals surface area (Å²) in [7, 11) is 1.63. The van der Waals surface area contributed by atoms with E-state index >= 15 is 0 Å². The molecule has 6 nitrogen and oxygen atoms in total. The third-order valence-corrected chi connectivity index (χ3v) is 5.07. The van der Waals surface area contributed by atoms with Crippen molar-refractivity contribution in [2.45, 2.75) is 29.5 Å². The molecule has 0 bridgehead atoms. The molecule has 0 amide bonds. The first-order valence-corrected chi connectivity index (χ1v) is 10.5. The fourth-order valence-corrected chi connectivity index (χ4v) is 3.43. The van der Waals surface area contributed by atoms with Crippen molar-refractivity contribution in [2.75, 3.05) is 38.6 Å². The van der Waals surface area contributed by atoms with Crippen LogP contribution in [0.25, 0.3) is 0 Å². The molecule has 1 N–H and O–H groups in total. The van der Waals surface area contributed by atoms with Gasteiger partial charge in [0, 0.05) is 13.0 Å². The molecule has 2 aromatic rings. The minimum Gasteiger partial charge on any atom is -0.497 e. The standard InChI is InChI=1S/C19H24Cl3N5O/c1-28-15-7-4-6-14(12-15)13-16-24-17(19(20,21)22)26-18(25-16)23-8-5-11-27-9-2-3-10-27/h4,6-7,12H,2-3,5,8-11,13H2,1H3,(H,23,24,25,26). The number of alkyl halides is 3. The van der Waals surface area contributed by atoms with E-state index in [-0.39, 0.29) is 5.82 Å². The zero-order valence-corrected chi connectivity index (χ0v) is 18.1. The number of hydrogen-bond donors (Lipinski definition) is 1. The number of hydrogen-bond acceptors (Lipinski definition) is 6. The maximum Gasteiger partial charge on any atom is 0.250 e. The first-order chi connectivity index (χ1) is 13.4. The lowest BCUT2D eigenvalue weighted by Crippen LogP contribution is -2.23. The molecule has 0 aliphatic carbocycles. The number of aromatic nitrogens is 3. The second-order valence-electron chi connectivity index (χ2n) is 6.75. The summed E-state index contributed by atoms with van der Waals surface area (Å²) in [5, 5.41) is 3.24. The number of benzene rings is 1. The van der Waals surface area contributed by atoms with Gasteiger partial charge in [0.15, 0.2) is 5.82 Å². The molecule has 1 aliphatic heterocycles. The van der Waals surface area contributed by atoms with Crippen LogP contribution in [0.15, 0.2) is 24.3 Å². The second kappa shape index (κ2) is 9.92. The predicted octanol–water partition coefficient (Wildman–Crippen LogP) is 4.20. The van der Waals surface area contributed by atoms with Crippen molar-refractivity contribution >= 4 is 40.8 Å². The molecule has 0 radical (unpaired) electrons. The Morgan fingerprint density at radius 1 is 1.14 bits per heavy atom. The van der Waals surface area contributed by atoms with Crippen LogP contribution < -0.4 is 10.1 Å².